The first kappa shape index (κ1) is 17.5. The molecular formula is C18H17F2OPSi. The molecule has 3 aromatic carbocycles. The number of halogens is 2. The van der Waals surface area contributed by atoms with Gasteiger partial charge in [-0.2, -0.15) is 8.39 Å². The van der Waals surface area contributed by atoms with E-state index in [1.54, 1.807) is 0 Å². The summed E-state index contributed by atoms with van der Waals surface area (Å²) in [6.45, 7) is 0. The molecule has 3 rings (SSSR count). The standard InChI is InChI=1S/C18H16Si.F2HOP/c1-4-10-16(11-5-1)19(17-12-6-2-7-13-17)18-14-8-3-9-15-18;1-4(2)3/h1-15,19H;3H. The van der Waals surface area contributed by atoms with Crippen LogP contribution in [0.25, 0.3) is 0 Å². The summed E-state index contributed by atoms with van der Waals surface area (Å²) in [6, 6.07) is 32.7. The molecule has 0 aliphatic carbocycles. The molecule has 0 unspecified atom stereocenters. The largest absolute Gasteiger partial charge is 0.412 e. The molecule has 0 spiro atoms. The van der Waals surface area contributed by atoms with Gasteiger partial charge >= 0.3 is 8.77 Å². The first-order valence-electron chi connectivity index (χ1n) is 7.14. The second-order valence-corrected chi connectivity index (χ2v) is 8.18. The van der Waals surface area contributed by atoms with Crippen LogP contribution in [0, 0.1) is 0 Å². The monoisotopic (exact) mass is 346 g/mol. The average Bonchev–Trinajstić information content (AvgIpc) is 2.58. The second kappa shape index (κ2) is 9.31. The molecule has 0 amide bonds. The number of hydrogen-bond acceptors (Lipinski definition) is 1. The van der Waals surface area contributed by atoms with Gasteiger partial charge in [0.05, 0.1) is 0 Å². The Kier molecular flexibility index (Phi) is 7.07. The maximum absolute atomic E-state index is 9.95. The van der Waals surface area contributed by atoms with Crippen molar-refractivity contribution in [1.82, 2.24) is 0 Å². The van der Waals surface area contributed by atoms with Crippen LogP contribution < -0.4 is 15.6 Å². The van der Waals surface area contributed by atoms with Crippen molar-refractivity contribution in [1.29, 1.82) is 0 Å². The lowest BCUT2D eigenvalue weighted by atomic mass is 10.3. The van der Waals surface area contributed by atoms with Crippen LogP contribution in [-0.4, -0.2) is 13.7 Å². The predicted molar refractivity (Wildman–Crippen MR) is 96.7 cm³/mol. The Morgan fingerprint density at radius 2 is 0.783 bits per heavy atom. The van der Waals surface area contributed by atoms with E-state index >= 15 is 0 Å². The molecule has 3 aromatic rings. The van der Waals surface area contributed by atoms with Gasteiger partial charge in [0.2, 0.25) is 0 Å². The molecular weight excluding hydrogens is 329 g/mol. The van der Waals surface area contributed by atoms with Crippen LogP contribution >= 0.6 is 8.77 Å². The molecule has 1 nitrogen and oxygen atoms in total. The van der Waals surface area contributed by atoms with Crippen LogP contribution in [0.1, 0.15) is 0 Å². The molecule has 0 heterocycles. The Hall–Kier alpha value is -1.87. The molecule has 5 heteroatoms. The summed E-state index contributed by atoms with van der Waals surface area (Å²) in [4.78, 5) is 6.79. The van der Waals surface area contributed by atoms with Gasteiger partial charge in [0.15, 0.2) is 0 Å². The van der Waals surface area contributed by atoms with E-state index in [9.17, 15) is 8.39 Å². The molecule has 0 saturated carbocycles. The highest BCUT2D eigenvalue weighted by Gasteiger charge is 2.17. The third-order valence-electron chi connectivity index (χ3n) is 3.40. The zero-order valence-corrected chi connectivity index (χ0v) is 14.4. The van der Waals surface area contributed by atoms with Crippen LogP contribution in [0.4, 0.5) is 8.39 Å². The Bertz CT molecular complexity index is 584. The van der Waals surface area contributed by atoms with E-state index < -0.39 is 17.6 Å². The molecule has 0 fully saturated rings. The molecule has 1 N–H and O–H groups in total. The molecule has 0 aromatic heterocycles. The fourth-order valence-electron chi connectivity index (χ4n) is 2.51. The molecule has 23 heavy (non-hydrogen) atoms. The van der Waals surface area contributed by atoms with Crippen molar-refractivity contribution in [2.45, 2.75) is 0 Å². The van der Waals surface area contributed by atoms with Gasteiger partial charge in [0.1, 0.15) is 8.80 Å². The zero-order valence-electron chi connectivity index (χ0n) is 12.4. The summed E-state index contributed by atoms with van der Waals surface area (Å²) in [5, 5.41) is 4.42. The van der Waals surface area contributed by atoms with Crippen LogP contribution in [0.15, 0.2) is 91.0 Å². The fraction of sp³-hybridized carbons (Fsp3) is 0. The molecule has 0 aliphatic heterocycles. The zero-order chi connectivity index (χ0) is 16.5. The summed E-state index contributed by atoms with van der Waals surface area (Å²) in [7, 11) is -4.93. The summed E-state index contributed by atoms with van der Waals surface area (Å²) < 4.78 is 19.9. The SMILES string of the molecule is OP(F)F.c1ccc([SiH](c2ccccc2)c2ccccc2)cc1. The second-order valence-electron chi connectivity index (χ2n) is 4.88. The normalized spacial score (nSPS) is 10.3. The lowest BCUT2D eigenvalue weighted by molar-refractivity contribution is 0.504. The Morgan fingerprint density at radius 3 is 1.00 bits per heavy atom. The molecule has 118 valence electrons. The summed E-state index contributed by atoms with van der Waals surface area (Å²) in [5.41, 5.74) is 0. The lowest BCUT2D eigenvalue weighted by Gasteiger charge is -2.16. The maximum Gasteiger partial charge on any atom is 0.412 e. The van der Waals surface area contributed by atoms with E-state index in [4.69, 9.17) is 4.89 Å². The smallest absolute Gasteiger partial charge is 0.321 e. The number of rotatable bonds is 3. The molecule has 0 saturated heterocycles. The van der Waals surface area contributed by atoms with Crippen molar-refractivity contribution in [3.05, 3.63) is 91.0 Å². The summed E-state index contributed by atoms with van der Waals surface area (Å²) in [5.74, 6) is 0. The highest BCUT2D eigenvalue weighted by molar-refractivity contribution is 7.39. The number of hydrogen-bond donors (Lipinski definition) is 1. The van der Waals surface area contributed by atoms with Crippen LogP contribution in [-0.2, 0) is 0 Å². The van der Waals surface area contributed by atoms with Crippen molar-refractivity contribution >= 4 is 33.1 Å². The van der Waals surface area contributed by atoms with Crippen LogP contribution in [0.2, 0.25) is 0 Å². The Labute approximate surface area is 137 Å². The minimum absolute atomic E-state index is 1.31. The third kappa shape index (κ3) is 5.68. The van der Waals surface area contributed by atoms with Crippen molar-refractivity contribution in [2.75, 3.05) is 0 Å². The molecule has 0 radical (unpaired) electrons. The molecule has 0 aliphatic rings. The van der Waals surface area contributed by atoms with Crippen molar-refractivity contribution in [3.8, 4) is 0 Å². The van der Waals surface area contributed by atoms with Gasteiger partial charge in [-0.05, 0) is 0 Å². The Morgan fingerprint density at radius 1 is 0.565 bits per heavy atom. The minimum atomic E-state index is -3.62. The quantitative estimate of drug-likeness (QED) is 0.439. The fourth-order valence-corrected chi connectivity index (χ4v) is 5.49. The first-order valence-corrected chi connectivity index (χ1v) is 9.94. The van der Waals surface area contributed by atoms with Gasteiger partial charge in [0, 0.05) is 0 Å². The van der Waals surface area contributed by atoms with Crippen molar-refractivity contribution in [3.63, 3.8) is 0 Å². The van der Waals surface area contributed by atoms with Gasteiger partial charge in [0.25, 0.3) is 0 Å². The van der Waals surface area contributed by atoms with Crippen LogP contribution in [0.3, 0.4) is 0 Å². The highest BCUT2D eigenvalue weighted by atomic mass is 31.2. The van der Waals surface area contributed by atoms with E-state index in [2.05, 4.69) is 91.0 Å². The molecule has 0 atom stereocenters. The van der Waals surface area contributed by atoms with Crippen molar-refractivity contribution in [2.24, 2.45) is 0 Å². The predicted octanol–water partition coefficient (Wildman–Crippen LogP) is 3.08. The van der Waals surface area contributed by atoms with Gasteiger partial charge in [-0.1, -0.05) is 107 Å². The van der Waals surface area contributed by atoms with E-state index in [-0.39, 0.29) is 0 Å². The van der Waals surface area contributed by atoms with Gasteiger partial charge < -0.3 is 4.89 Å². The van der Waals surface area contributed by atoms with Crippen molar-refractivity contribution < 1.29 is 13.3 Å². The van der Waals surface area contributed by atoms with E-state index in [0.717, 1.165) is 0 Å². The van der Waals surface area contributed by atoms with Gasteiger partial charge in [-0.25, -0.2) is 0 Å². The maximum atomic E-state index is 9.95. The van der Waals surface area contributed by atoms with Gasteiger partial charge in [-0.3, -0.25) is 0 Å². The molecule has 0 bridgehead atoms. The highest BCUT2D eigenvalue weighted by Crippen LogP contribution is 2.31. The average molecular weight is 346 g/mol. The lowest BCUT2D eigenvalue weighted by Crippen LogP contribution is -2.51. The van der Waals surface area contributed by atoms with E-state index in [0.29, 0.717) is 0 Å². The number of benzene rings is 3. The Balaban J connectivity index is 0.000000433. The van der Waals surface area contributed by atoms with Crippen LogP contribution in [0.5, 0.6) is 0 Å². The minimum Gasteiger partial charge on any atom is -0.321 e. The third-order valence-corrected chi connectivity index (χ3v) is 6.55. The summed E-state index contributed by atoms with van der Waals surface area (Å²) >= 11 is 0. The van der Waals surface area contributed by atoms with E-state index in [1.165, 1.54) is 15.6 Å². The topological polar surface area (TPSA) is 20.2 Å². The first-order chi connectivity index (χ1) is 11.2. The summed E-state index contributed by atoms with van der Waals surface area (Å²) in [6.07, 6.45) is 0. The van der Waals surface area contributed by atoms with E-state index in [1.807, 2.05) is 0 Å². The van der Waals surface area contributed by atoms with Gasteiger partial charge in [-0.15, -0.1) is 0 Å².